The van der Waals surface area contributed by atoms with Crippen LogP contribution in [-0.4, -0.2) is 7.11 Å². The normalized spacial score (nSPS) is 12.5. The highest BCUT2D eigenvalue weighted by Gasteiger charge is 2.17. The molecule has 1 aromatic carbocycles. The second-order valence-electron chi connectivity index (χ2n) is 3.67. The van der Waals surface area contributed by atoms with Gasteiger partial charge in [-0.25, -0.2) is 4.39 Å². The van der Waals surface area contributed by atoms with Crippen LogP contribution in [0.1, 0.15) is 17.2 Å². The van der Waals surface area contributed by atoms with Gasteiger partial charge in [-0.2, -0.15) is 0 Å². The van der Waals surface area contributed by atoms with E-state index in [2.05, 4.69) is 38.5 Å². The van der Waals surface area contributed by atoms with Crippen LogP contribution in [-0.2, 0) is 0 Å². The minimum Gasteiger partial charge on any atom is -0.496 e. The zero-order valence-corrected chi connectivity index (χ0v) is 14.0. The summed E-state index contributed by atoms with van der Waals surface area (Å²) < 4.78 is 20.2. The van der Waals surface area contributed by atoms with E-state index in [0.29, 0.717) is 10.2 Å². The van der Waals surface area contributed by atoms with Gasteiger partial charge in [0.25, 0.3) is 0 Å². The van der Waals surface area contributed by atoms with Crippen molar-refractivity contribution in [3.05, 3.63) is 47.9 Å². The highest BCUT2D eigenvalue weighted by molar-refractivity contribution is 14.1. The highest BCUT2D eigenvalue weighted by atomic mass is 127. The Labute approximate surface area is 131 Å². The van der Waals surface area contributed by atoms with Gasteiger partial charge >= 0.3 is 0 Å². The first-order valence-electron chi connectivity index (χ1n) is 5.05. The minimum atomic E-state index is -0.359. The van der Waals surface area contributed by atoms with E-state index in [1.807, 2.05) is 11.4 Å². The number of thiophene rings is 1. The summed E-state index contributed by atoms with van der Waals surface area (Å²) in [4.78, 5) is 0. The Kier molecular flexibility index (Phi) is 4.63. The van der Waals surface area contributed by atoms with Crippen LogP contribution >= 0.6 is 49.9 Å². The quantitative estimate of drug-likeness (QED) is 0.720. The first-order chi connectivity index (χ1) is 8.52. The predicted octanol–water partition coefficient (Wildman–Crippen LogP) is 4.31. The molecule has 6 heteroatoms. The largest absolute Gasteiger partial charge is 0.496 e. The summed E-state index contributed by atoms with van der Waals surface area (Å²) in [5.74, 6) is 0.104. The number of benzene rings is 1. The Morgan fingerprint density at radius 3 is 2.72 bits per heavy atom. The van der Waals surface area contributed by atoms with E-state index >= 15 is 0 Å². The lowest BCUT2D eigenvalue weighted by Crippen LogP contribution is -2.12. The van der Waals surface area contributed by atoms with E-state index in [1.54, 1.807) is 17.4 Å². The number of rotatable bonds is 3. The molecule has 0 fully saturated rings. The summed E-state index contributed by atoms with van der Waals surface area (Å²) in [5, 5.41) is 2.00. The summed E-state index contributed by atoms with van der Waals surface area (Å²) in [7, 11) is 1.51. The molecule has 1 atom stereocenters. The van der Waals surface area contributed by atoms with Crippen molar-refractivity contribution < 1.29 is 9.13 Å². The lowest BCUT2D eigenvalue weighted by atomic mass is 10.0. The van der Waals surface area contributed by atoms with Crippen molar-refractivity contribution in [1.29, 1.82) is 0 Å². The molecule has 18 heavy (non-hydrogen) atoms. The molecule has 0 aliphatic carbocycles. The van der Waals surface area contributed by atoms with Gasteiger partial charge in [-0.15, -0.1) is 11.3 Å². The number of ether oxygens (including phenoxy) is 1. The molecule has 96 valence electrons. The molecule has 2 nitrogen and oxygen atoms in total. The van der Waals surface area contributed by atoms with Crippen LogP contribution in [0, 0.1) is 8.70 Å². The maximum atomic E-state index is 13.4. The first kappa shape index (κ1) is 14.2. The predicted molar refractivity (Wildman–Crippen MR) is 83.7 cm³/mol. The standard InChI is InChI=1S/C12H10BrFINOS/c1-17-10-4-9(14)8(13)3-7(10)12(16)6-2-11(15)18-5-6/h2-5,12H,16H2,1H3. The van der Waals surface area contributed by atoms with Gasteiger partial charge in [0.15, 0.2) is 0 Å². The fraction of sp³-hybridized carbons (Fsp3) is 0.167. The molecule has 1 unspecified atom stereocenters. The topological polar surface area (TPSA) is 35.2 Å². The summed E-state index contributed by atoms with van der Waals surface area (Å²) in [6, 6.07) is 4.71. The Bertz CT molecular complexity index is 575. The molecule has 0 saturated carbocycles. The van der Waals surface area contributed by atoms with Crippen LogP contribution in [0.25, 0.3) is 0 Å². The smallest absolute Gasteiger partial charge is 0.141 e. The second kappa shape index (κ2) is 5.85. The summed E-state index contributed by atoms with van der Waals surface area (Å²) in [5.41, 5.74) is 7.97. The van der Waals surface area contributed by atoms with Crippen LogP contribution in [0.2, 0.25) is 0 Å². The SMILES string of the molecule is COc1cc(F)c(Br)cc1C(N)c1csc(I)c1. The van der Waals surface area contributed by atoms with E-state index in [9.17, 15) is 4.39 Å². The Hall–Kier alpha value is -0.180. The van der Waals surface area contributed by atoms with Crippen molar-refractivity contribution in [3.8, 4) is 5.75 Å². The Balaban J connectivity index is 2.46. The number of nitrogens with two attached hydrogens (primary N) is 1. The van der Waals surface area contributed by atoms with Crippen LogP contribution < -0.4 is 10.5 Å². The van der Waals surface area contributed by atoms with Crippen molar-refractivity contribution in [2.45, 2.75) is 6.04 Å². The molecule has 2 N–H and O–H groups in total. The lowest BCUT2D eigenvalue weighted by molar-refractivity contribution is 0.404. The van der Waals surface area contributed by atoms with Gasteiger partial charge in [0, 0.05) is 11.6 Å². The average Bonchev–Trinajstić information content (AvgIpc) is 2.78. The van der Waals surface area contributed by atoms with Gasteiger partial charge in [0.05, 0.1) is 20.5 Å². The summed E-state index contributed by atoms with van der Waals surface area (Å²) >= 11 is 7.04. The van der Waals surface area contributed by atoms with E-state index in [4.69, 9.17) is 10.5 Å². The molecule has 0 spiro atoms. The van der Waals surface area contributed by atoms with Gasteiger partial charge in [-0.1, -0.05) is 0 Å². The monoisotopic (exact) mass is 441 g/mol. The van der Waals surface area contributed by atoms with E-state index in [0.717, 1.165) is 14.0 Å². The molecule has 0 aliphatic heterocycles. The summed E-state index contributed by atoms with van der Waals surface area (Å²) in [6.07, 6.45) is 0. The van der Waals surface area contributed by atoms with E-state index in [-0.39, 0.29) is 11.9 Å². The molecular weight excluding hydrogens is 432 g/mol. The molecule has 0 saturated heterocycles. The first-order valence-corrected chi connectivity index (χ1v) is 7.80. The van der Waals surface area contributed by atoms with Gasteiger partial charge < -0.3 is 10.5 Å². The Morgan fingerprint density at radius 2 is 2.17 bits per heavy atom. The zero-order valence-electron chi connectivity index (χ0n) is 9.41. The third-order valence-corrected chi connectivity index (χ3v) is 4.97. The molecule has 2 aromatic rings. The van der Waals surface area contributed by atoms with Crippen molar-refractivity contribution in [2.75, 3.05) is 7.11 Å². The van der Waals surface area contributed by atoms with Crippen molar-refractivity contribution >= 4 is 49.9 Å². The van der Waals surface area contributed by atoms with Crippen molar-refractivity contribution in [2.24, 2.45) is 5.73 Å². The third kappa shape index (κ3) is 2.87. The molecular formula is C12H10BrFINOS. The molecule has 1 heterocycles. The number of methoxy groups -OCH3 is 1. The molecule has 2 rings (SSSR count). The van der Waals surface area contributed by atoms with Crippen molar-refractivity contribution in [3.63, 3.8) is 0 Å². The second-order valence-corrected chi connectivity index (χ2v) is 7.33. The van der Waals surface area contributed by atoms with Crippen LogP contribution in [0.15, 0.2) is 28.1 Å². The number of hydrogen-bond acceptors (Lipinski definition) is 3. The molecule has 1 aromatic heterocycles. The molecule has 0 radical (unpaired) electrons. The van der Waals surface area contributed by atoms with E-state index in [1.165, 1.54) is 13.2 Å². The fourth-order valence-corrected chi connectivity index (χ4v) is 3.40. The van der Waals surface area contributed by atoms with Gasteiger partial charge in [-0.3, -0.25) is 0 Å². The molecule has 0 bridgehead atoms. The Morgan fingerprint density at radius 1 is 1.44 bits per heavy atom. The molecule has 0 amide bonds. The third-order valence-electron chi connectivity index (χ3n) is 2.55. The van der Waals surface area contributed by atoms with Crippen molar-refractivity contribution in [1.82, 2.24) is 0 Å². The zero-order chi connectivity index (χ0) is 13.3. The number of hydrogen-bond donors (Lipinski definition) is 1. The maximum Gasteiger partial charge on any atom is 0.141 e. The summed E-state index contributed by atoms with van der Waals surface area (Å²) in [6.45, 7) is 0. The average molecular weight is 442 g/mol. The minimum absolute atomic E-state index is 0.323. The molecule has 0 aliphatic rings. The van der Waals surface area contributed by atoms with E-state index < -0.39 is 0 Å². The van der Waals surface area contributed by atoms with Gasteiger partial charge in [0.2, 0.25) is 0 Å². The van der Waals surface area contributed by atoms with Crippen LogP contribution in [0.3, 0.4) is 0 Å². The van der Waals surface area contributed by atoms with Crippen LogP contribution in [0.5, 0.6) is 5.75 Å². The lowest BCUT2D eigenvalue weighted by Gasteiger charge is -2.15. The maximum absolute atomic E-state index is 13.4. The van der Waals surface area contributed by atoms with Gasteiger partial charge in [-0.05, 0) is 61.6 Å². The van der Waals surface area contributed by atoms with Crippen LogP contribution in [0.4, 0.5) is 4.39 Å². The highest BCUT2D eigenvalue weighted by Crippen LogP contribution is 2.34. The van der Waals surface area contributed by atoms with Gasteiger partial charge in [0.1, 0.15) is 11.6 Å². The fourth-order valence-electron chi connectivity index (χ4n) is 1.63. The number of halogens is 3.